The van der Waals surface area contributed by atoms with Gasteiger partial charge in [0, 0.05) is 42.8 Å². The molecule has 0 bridgehead atoms. The van der Waals surface area contributed by atoms with Gasteiger partial charge in [0.2, 0.25) is 0 Å². The Morgan fingerprint density at radius 3 is 2.66 bits per heavy atom. The molecule has 0 amide bonds. The van der Waals surface area contributed by atoms with Crippen LogP contribution in [-0.4, -0.2) is 41.2 Å². The number of ether oxygens (including phenoxy) is 1. The number of nitriles is 1. The number of nitrogens with one attached hydrogen (secondary N) is 1. The molecule has 0 spiro atoms. The minimum absolute atomic E-state index is 0.672. The first-order chi connectivity index (χ1) is 14.2. The van der Waals surface area contributed by atoms with E-state index < -0.39 is 0 Å². The molecule has 1 aliphatic heterocycles. The molecule has 0 aliphatic carbocycles. The molecule has 5 heteroatoms. The molecule has 29 heavy (non-hydrogen) atoms. The molecule has 4 rings (SSSR count). The number of H-pyrrole nitrogens is 1. The van der Waals surface area contributed by atoms with E-state index in [1.54, 1.807) is 6.20 Å². The highest BCUT2D eigenvalue weighted by Crippen LogP contribution is 2.22. The fourth-order valence-electron chi connectivity index (χ4n) is 3.47. The summed E-state index contributed by atoms with van der Waals surface area (Å²) in [4.78, 5) is 10.1. The van der Waals surface area contributed by atoms with Crippen LogP contribution >= 0.6 is 0 Å². The molecule has 1 fully saturated rings. The van der Waals surface area contributed by atoms with Crippen LogP contribution in [0.1, 0.15) is 28.1 Å². The fraction of sp³-hybridized carbons (Fsp3) is 0.250. The quantitative estimate of drug-likeness (QED) is 0.714. The van der Waals surface area contributed by atoms with Crippen LogP contribution in [0.4, 0.5) is 0 Å². The molecule has 1 aromatic carbocycles. The number of aromatic amines is 1. The average molecular weight is 384 g/mol. The lowest BCUT2D eigenvalue weighted by atomic mass is 10.1. The maximum absolute atomic E-state index is 9.15. The first kappa shape index (κ1) is 19.1. The molecule has 2 aromatic heterocycles. The van der Waals surface area contributed by atoms with Crippen LogP contribution in [0, 0.1) is 18.3 Å². The SMILES string of the molecule is Cc1[nH]c(-c2ccnc(/C=C/c3ccc(CN4CCOCC4)cc3)c2)cc1C#N. The van der Waals surface area contributed by atoms with Gasteiger partial charge in [-0.05, 0) is 42.3 Å². The number of aryl methyl sites for hydroxylation is 1. The first-order valence-corrected chi connectivity index (χ1v) is 9.84. The molecule has 0 atom stereocenters. The second-order valence-corrected chi connectivity index (χ2v) is 7.27. The molecule has 0 saturated carbocycles. The zero-order valence-electron chi connectivity index (χ0n) is 16.6. The monoisotopic (exact) mass is 384 g/mol. The lowest BCUT2D eigenvalue weighted by Gasteiger charge is -2.26. The maximum Gasteiger partial charge on any atom is 0.101 e. The number of rotatable bonds is 5. The van der Waals surface area contributed by atoms with Crippen molar-refractivity contribution < 1.29 is 4.74 Å². The van der Waals surface area contributed by atoms with E-state index in [4.69, 9.17) is 10.00 Å². The van der Waals surface area contributed by atoms with Gasteiger partial charge in [-0.3, -0.25) is 9.88 Å². The largest absolute Gasteiger partial charge is 0.379 e. The third-order valence-electron chi connectivity index (χ3n) is 5.16. The number of hydrogen-bond donors (Lipinski definition) is 1. The molecule has 3 aromatic rings. The Hall–Kier alpha value is -3.20. The summed E-state index contributed by atoms with van der Waals surface area (Å²) in [5.41, 5.74) is 6.85. The number of morpholine rings is 1. The van der Waals surface area contributed by atoms with E-state index in [0.29, 0.717) is 5.56 Å². The second-order valence-electron chi connectivity index (χ2n) is 7.27. The van der Waals surface area contributed by atoms with E-state index in [-0.39, 0.29) is 0 Å². The Morgan fingerprint density at radius 2 is 1.93 bits per heavy atom. The van der Waals surface area contributed by atoms with Crippen LogP contribution in [0.3, 0.4) is 0 Å². The van der Waals surface area contributed by atoms with Crippen molar-refractivity contribution in [1.29, 1.82) is 5.26 Å². The molecule has 1 aliphatic rings. The van der Waals surface area contributed by atoms with E-state index in [0.717, 1.165) is 61.1 Å². The lowest BCUT2D eigenvalue weighted by molar-refractivity contribution is 0.0342. The molecular formula is C24H24N4O. The topological polar surface area (TPSA) is 64.9 Å². The lowest BCUT2D eigenvalue weighted by Crippen LogP contribution is -2.35. The van der Waals surface area contributed by atoms with Crippen molar-refractivity contribution in [3.05, 3.63) is 76.7 Å². The van der Waals surface area contributed by atoms with Gasteiger partial charge in [0.1, 0.15) is 6.07 Å². The highest BCUT2D eigenvalue weighted by molar-refractivity contribution is 5.71. The minimum Gasteiger partial charge on any atom is -0.379 e. The van der Waals surface area contributed by atoms with Crippen molar-refractivity contribution in [2.45, 2.75) is 13.5 Å². The number of benzene rings is 1. The molecule has 5 nitrogen and oxygen atoms in total. The molecule has 146 valence electrons. The minimum atomic E-state index is 0.672. The molecule has 0 unspecified atom stereocenters. The van der Waals surface area contributed by atoms with Gasteiger partial charge in [0.05, 0.1) is 24.5 Å². The van der Waals surface area contributed by atoms with Crippen molar-refractivity contribution in [3.8, 4) is 17.3 Å². The third-order valence-corrected chi connectivity index (χ3v) is 5.16. The fourth-order valence-corrected chi connectivity index (χ4v) is 3.47. The Morgan fingerprint density at radius 1 is 1.14 bits per heavy atom. The Kier molecular flexibility index (Phi) is 5.85. The standard InChI is InChI=1S/C24H24N4O/c1-18-22(16-25)15-24(27-18)21-8-9-26-23(14-21)7-6-19-2-4-20(5-3-19)17-28-10-12-29-13-11-28/h2-9,14-15,27H,10-13,17H2,1H3/b7-6+. The maximum atomic E-state index is 9.15. The van der Waals surface area contributed by atoms with Crippen LogP contribution in [0.2, 0.25) is 0 Å². The summed E-state index contributed by atoms with van der Waals surface area (Å²) in [6, 6.07) is 16.7. The van der Waals surface area contributed by atoms with Gasteiger partial charge < -0.3 is 9.72 Å². The zero-order chi connectivity index (χ0) is 20.1. The normalized spacial score (nSPS) is 14.9. The summed E-state index contributed by atoms with van der Waals surface area (Å²) in [6.07, 6.45) is 5.88. The van der Waals surface area contributed by atoms with Crippen molar-refractivity contribution >= 4 is 12.2 Å². The highest BCUT2D eigenvalue weighted by atomic mass is 16.5. The predicted octanol–water partition coefficient (Wildman–Crippen LogP) is 4.26. The number of hydrogen-bond acceptors (Lipinski definition) is 4. The van der Waals surface area contributed by atoms with Gasteiger partial charge in [-0.1, -0.05) is 30.3 Å². The highest BCUT2D eigenvalue weighted by Gasteiger charge is 2.10. The number of aromatic nitrogens is 2. The molecule has 3 heterocycles. The van der Waals surface area contributed by atoms with Crippen molar-refractivity contribution in [2.24, 2.45) is 0 Å². The van der Waals surface area contributed by atoms with Crippen molar-refractivity contribution in [2.75, 3.05) is 26.3 Å². The Bertz CT molecular complexity index is 1040. The smallest absolute Gasteiger partial charge is 0.101 e. The summed E-state index contributed by atoms with van der Waals surface area (Å²) in [5, 5.41) is 9.15. The number of nitrogens with zero attached hydrogens (tertiary/aromatic N) is 3. The van der Waals surface area contributed by atoms with Crippen LogP contribution in [0.25, 0.3) is 23.4 Å². The van der Waals surface area contributed by atoms with Gasteiger partial charge in [0.15, 0.2) is 0 Å². The van der Waals surface area contributed by atoms with Gasteiger partial charge >= 0.3 is 0 Å². The van der Waals surface area contributed by atoms with Crippen molar-refractivity contribution in [3.63, 3.8) is 0 Å². The van der Waals surface area contributed by atoms with E-state index >= 15 is 0 Å². The molecule has 1 saturated heterocycles. The van der Waals surface area contributed by atoms with Crippen LogP contribution in [-0.2, 0) is 11.3 Å². The van der Waals surface area contributed by atoms with Crippen LogP contribution in [0.5, 0.6) is 0 Å². The Labute approximate surface area is 171 Å². The van der Waals surface area contributed by atoms with E-state index in [2.05, 4.69) is 51.3 Å². The van der Waals surface area contributed by atoms with Gasteiger partial charge in [-0.2, -0.15) is 5.26 Å². The second kappa shape index (κ2) is 8.87. The van der Waals surface area contributed by atoms with E-state index in [9.17, 15) is 0 Å². The van der Waals surface area contributed by atoms with Crippen LogP contribution < -0.4 is 0 Å². The molecule has 0 radical (unpaired) electrons. The van der Waals surface area contributed by atoms with Gasteiger partial charge in [-0.25, -0.2) is 0 Å². The summed E-state index contributed by atoms with van der Waals surface area (Å²) < 4.78 is 5.41. The molecule has 1 N–H and O–H groups in total. The van der Waals surface area contributed by atoms with Crippen LogP contribution in [0.15, 0.2) is 48.7 Å². The zero-order valence-corrected chi connectivity index (χ0v) is 16.6. The number of pyridine rings is 1. The van der Waals surface area contributed by atoms with Gasteiger partial charge in [-0.15, -0.1) is 0 Å². The van der Waals surface area contributed by atoms with Gasteiger partial charge in [0.25, 0.3) is 0 Å². The average Bonchev–Trinajstić information content (AvgIpc) is 3.15. The Balaban J connectivity index is 1.44. The predicted molar refractivity (Wildman–Crippen MR) is 115 cm³/mol. The molecular weight excluding hydrogens is 360 g/mol. The summed E-state index contributed by atoms with van der Waals surface area (Å²) in [7, 11) is 0. The third kappa shape index (κ3) is 4.80. The summed E-state index contributed by atoms with van der Waals surface area (Å²) in [5.74, 6) is 0. The summed E-state index contributed by atoms with van der Waals surface area (Å²) in [6.45, 7) is 6.53. The van der Waals surface area contributed by atoms with E-state index in [1.165, 1.54) is 5.56 Å². The summed E-state index contributed by atoms with van der Waals surface area (Å²) >= 11 is 0. The first-order valence-electron chi connectivity index (χ1n) is 9.84. The van der Waals surface area contributed by atoms with Crippen molar-refractivity contribution in [1.82, 2.24) is 14.9 Å². The van der Waals surface area contributed by atoms with E-state index in [1.807, 2.05) is 31.2 Å².